The highest BCUT2D eigenvalue weighted by molar-refractivity contribution is 5.62. The maximum Gasteiger partial charge on any atom is 0.223 e. The molecule has 2 aromatic heterocycles. The quantitative estimate of drug-likeness (QED) is 0.768. The third kappa shape index (κ3) is 3.40. The normalized spacial score (nSPS) is 13.5. The first-order valence-corrected chi connectivity index (χ1v) is 9.10. The first-order valence-electron chi connectivity index (χ1n) is 9.10. The summed E-state index contributed by atoms with van der Waals surface area (Å²) < 4.78 is 1.79. The van der Waals surface area contributed by atoms with Crippen molar-refractivity contribution in [3.63, 3.8) is 0 Å². The fourth-order valence-electron chi connectivity index (χ4n) is 3.51. The number of fused-ring (bicyclic) bond motifs is 1. The molecule has 26 heavy (non-hydrogen) atoms. The Morgan fingerprint density at radius 2 is 2.08 bits per heavy atom. The number of hydrogen-bond acceptors (Lipinski definition) is 5. The largest absolute Gasteiger partial charge is 0.370 e. The molecule has 1 aliphatic rings. The number of nitrogens with zero attached hydrogens (tertiary/aromatic N) is 5. The Labute approximate surface area is 153 Å². The second-order valence-electron chi connectivity index (χ2n) is 6.77. The molecule has 0 atom stereocenters. The molecule has 134 valence electrons. The number of rotatable bonds is 5. The van der Waals surface area contributed by atoms with Crippen LogP contribution in [0.4, 0.5) is 11.6 Å². The Morgan fingerprint density at radius 3 is 2.92 bits per heavy atom. The number of anilines is 2. The third-order valence-corrected chi connectivity index (χ3v) is 4.82. The van der Waals surface area contributed by atoms with Gasteiger partial charge in [-0.1, -0.05) is 18.2 Å². The topological polar surface area (TPSA) is 58.9 Å². The molecule has 3 aromatic rings. The average Bonchev–Trinajstić information content (AvgIpc) is 3.09. The minimum absolute atomic E-state index is 0.666. The van der Waals surface area contributed by atoms with Crippen molar-refractivity contribution in [1.82, 2.24) is 19.7 Å². The number of aromatic nitrogens is 4. The molecule has 1 aliphatic heterocycles. The molecular formula is C20H24N6. The molecule has 6 nitrogen and oxygen atoms in total. The SMILES string of the molecule is Cc1cnc(NCCN2CCCc3ccccc32)nc1-c1cnn(C)c1. The van der Waals surface area contributed by atoms with Gasteiger partial charge in [-0.15, -0.1) is 0 Å². The lowest BCUT2D eigenvalue weighted by molar-refractivity contribution is 0.697. The maximum atomic E-state index is 4.69. The highest BCUT2D eigenvalue weighted by atomic mass is 15.2. The number of benzene rings is 1. The summed E-state index contributed by atoms with van der Waals surface area (Å²) in [7, 11) is 1.91. The van der Waals surface area contributed by atoms with E-state index in [-0.39, 0.29) is 0 Å². The first-order chi connectivity index (χ1) is 12.7. The van der Waals surface area contributed by atoms with Crippen LogP contribution in [0.15, 0.2) is 42.9 Å². The van der Waals surface area contributed by atoms with E-state index in [1.165, 1.54) is 24.1 Å². The van der Waals surface area contributed by atoms with E-state index >= 15 is 0 Å². The van der Waals surface area contributed by atoms with Crippen molar-refractivity contribution in [1.29, 1.82) is 0 Å². The molecule has 0 radical (unpaired) electrons. The van der Waals surface area contributed by atoms with Crippen molar-refractivity contribution in [2.75, 3.05) is 29.9 Å². The van der Waals surface area contributed by atoms with Crippen molar-refractivity contribution in [3.8, 4) is 11.3 Å². The van der Waals surface area contributed by atoms with Gasteiger partial charge in [-0.3, -0.25) is 4.68 Å². The molecule has 1 aromatic carbocycles. The van der Waals surface area contributed by atoms with Crippen molar-refractivity contribution < 1.29 is 0 Å². The van der Waals surface area contributed by atoms with E-state index in [9.17, 15) is 0 Å². The fraction of sp³-hybridized carbons (Fsp3) is 0.350. The molecule has 0 amide bonds. The maximum absolute atomic E-state index is 4.69. The van der Waals surface area contributed by atoms with Crippen molar-refractivity contribution in [2.45, 2.75) is 19.8 Å². The standard InChI is InChI=1S/C20H24N6/c1-15-12-22-20(24-19(15)17-13-23-25(2)14-17)21-9-11-26-10-5-7-16-6-3-4-8-18(16)26/h3-4,6,8,12-14H,5,7,9-11H2,1-2H3,(H,21,22,24). The lowest BCUT2D eigenvalue weighted by atomic mass is 10.0. The smallest absolute Gasteiger partial charge is 0.223 e. The van der Waals surface area contributed by atoms with Crippen LogP contribution in [0.1, 0.15) is 17.5 Å². The van der Waals surface area contributed by atoms with Gasteiger partial charge in [0.15, 0.2) is 0 Å². The van der Waals surface area contributed by atoms with Crippen LogP contribution in [0, 0.1) is 6.92 Å². The van der Waals surface area contributed by atoms with Crippen LogP contribution in [0.2, 0.25) is 0 Å². The van der Waals surface area contributed by atoms with Gasteiger partial charge in [0.1, 0.15) is 0 Å². The number of nitrogens with one attached hydrogen (secondary N) is 1. The van der Waals surface area contributed by atoms with Gasteiger partial charge < -0.3 is 10.2 Å². The van der Waals surface area contributed by atoms with Crippen LogP contribution in [0.3, 0.4) is 0 Å². The number of hydrogen-bond donors (Lipinski definition) is 1. The molecule has 4 rings (SSSR count). The van der Waals surface area contributed by atoms with Crippen LogP contribution >= 0.6 is 0 Å². The summed E-state index contributed by atoms with van der Waals surface area (Å²) >= 11 is 0. The molecule has 0 spiro atoms. The Bertz CT molecular complexity index is 901. The van der Waals surface area contributed by atoms with E-state index in [4.69, 9.17) is 0 Å². The zero-order chi connectivity index (χ0) is 17.9. The number of aryl methyl sites for hydroxylation is 3. The van der Waals surface area contributed by atoms with E-state index in [0.717, 1.165) is 36.5 Å². The predicted octanol–water partition coefficient (Wildman–Crippen LogP) is 3.05. The summed E-state index contributed by atoms with van der Waals surface area (Å²) in [6.45, 7) is 4.88. The zero-order valence-corrected chi connectivity index (χ0v) is 15.3. The van der Waals surface area contributed by atoms with Crippen LogP contribution in [0.5, 0.6) is 0 Å². The van der Waals surface area contributed by atoms with Gasteiger partial charge in [0.05, 0.1) is 11.9 Å². The van der Waals surface area contributed by atoms with Crippen LogP contribution in [0.25, 0.3) is 11.3 Å². The average molecular weight is 348 g/mol. The molecule has 0 unspecified atom stereocenters. The summed E-state index contributed by atoms with van der Waals surface area (Å²) in [5, 5.41) is 7.61. The Hall–Kier alpha value is -2.89. The van der Waals surface area contributed by atoms with Crippen molar-refractivity contribution in [2.24, 2.45) is 7.05 Å². The monoisotopic (exact) mass is 348 g/mol. The van der Waals surface area contributed by atoms with E-state index in [2.05, 4.69) is 49.5 Å². The molecule has 0 saturated carbocycles. The second-order valence-corrected chi connectivity index (χ2v) is 6.77. The minimum Gasteiger partial charge on any atom is -0.370 e. The number of para-hydroxylation sites is 1. The zero-order valence-electron chi connectivity index (χ0n) is 15.3. The van der Waals surface area contributed by atoms with E-state index in [0.29, 0.717) is 5.95 Å². The Balaban J connectivity index is 1.43. The summed E-state index contributed by atoms with van der Waals surface area (Å²) in [4.78, 5) is 11.6. The molecule has 6 heteroatoms. The van der Waals surface area contributed by atoms with Gasteiger partial charge in [-0.05, 0) is 37.0 Å². The van der Waals surface area contributed by atoms with Crippen LogP contribution < -0.4 is 10.2 Å². The molecular weight excluding hydrogens is 324 g/mol. The molecule has 0 saturated heterocycles. The lowest BCUT2D eigenvalue weighted by Gasteiger charge is -2.31. The van der Waals surface area contributed by atoms with E-state index < -0.39 is 0 Å². The summed E-state index contributed by atoms with van der Waals surface area (Å²) in [6, 6.07) is 8.70. The van der Waals surface area contributed by atoms with Gasteiger partial charge >= 0.3 is 0 Å². The summed E-state index contributed by atoms with van der Waals surface area (Å²) in [5.41, 5.74) is 5.80. The highest BCUT2D eigenvalue weighted by Crippen LogP contribution is 2.26. The second kappa shape index (κ2) is 7.15. The van der Waals surface area contributed by atoms with Gasteiger partial charge in [0, 0.05) is 50.3 Å². The summed E-state index contributed by atoms with van der Waals surface area (Å²) in [5.74, 6) is 0.666. The Kier molecular flexibility index (Phi) is 4.56. The lowest BCUT2D eigenvalue weighted by Crippen LogP contribution is -2.33. The van der Waals surface area contributed by atoms with Gasteiger partial charge in [-0.2, -0.15) is 5.10 Å². The molecule has 3 heterocycles. The van der Waals surface area contributed by atoms with E-state index in [1.54, 1.807) is 4.68 Å². The summed E-state index contributed by atoms with van der Waals surface area (Å²) in [6.07, 6.45) is 8.07. The Morgan fingerprint density at radius 1 is 1.19 bits per heavy atom. The minimum atomic E-state index is 0.666. The van der Waals surface area contributed by atoms with Gasteiger partial charge in [-0.25, -0.2) is 9.97 Å². The molecule has 0 fully saturated rings. The van der Waals surface area contributed by atoms with Crippen LogP contribution in [-0.2, 0) is 13.5 Å². The molecule has 0 bridgehead atoms. The first kappa shape index (κ1) is 16.6. The van der Waals surface area contributed by atoms with Gasteiger partial charge in [0.2, 0.25) is 5.95 Å². The fourth-order valence-corrected chi connectivity index (χ4v) is 3.51. The van der Waals surface area contributed by atoms with E-state index in [1.807, 2.05) is 32.6 Å². The molecule has 0 aliphatic carbocycles. The third-order valence-electron chi connectivity index (χ3n) is 4.82. The van der Waals surface area contributed by atoms with Gasteiger partial charge in [0.25, 0.3) is 0 Å². The van der Waals surface area contributed by atoms with Crippen LogP contribution in [-0.4, -0.2) is 39.4 Å². The highest BCUT2D eigenvalue weighted by Gasteiger charge is 2.15. The van der Waals surface area contributed by atoms with Crippen molar-refractivity contribution in [3.05, 3.63) is 54.0 Å². The predicted molar refractivity (Wildman–Crippen MR) is 104 cm³/mol. The van der Waals surface area contributed by atoms with Crippen molar-refractivity contribution >= 4 is 11.6 Å². The molecule has 1 N–H and O–H groups in total.